The van der Waals surface area contributed by atoms with Crippen molar-refractivity contribution in [2.45, 2.75) is 6.92 Å². The number of amides is 4. The minimum Gasteiger partial charge on any atom is -0.424 e. The molecule has 0 aromatic heterocycles. The van der Waals surface area contributed by atoms with Crippen molar-refractivity contribution in [1.82, 2.24) is 9.80 Å². The molecule has 4 rings (SSSR count). The highest BCUT2D eigenvalue weighted by molar-refractivity contribution is 6.22. The first-order valence-corrected chi connectivity index (χ1v) is 9.55. The monoisotopic (exact) mass is 436 g/mol. The highest BCUT2D eigenvalue weighted by Crippen LogP contribution is 2.25. The summed E-state index contributed by atoms with van der Waals surface area (Å²) in [6, 6.07) is 7.89. The molecule has 10 heteroatoms. The van der Waals surface area contributed by atoms with Crippen LogP contribution in [0.3, 0.4) is 0 Å². The first-order valence-electron chi connectivity index (χ1n) is 9.55. The third-order valence-electron chi connectivity index (χ3n) is 5.23. The lowest BCUT2D eigenvalue weighted by atomic mass is 10.1. The zero-order valence-corrected chi connectivity index (χ0v) is 17.0. The SMILES string of the molecule is CCN1C(=O)c2ccc(C(=O)OCOC(=O)c3ccc4c(c3)C(=O)N(C)C4=O)cc2C1=O. The summed E-state index contributed by atoms with van der Waals surface area (Å²) in [5.74, 6) is -3.63. The zero-order chi connectivity index (χ0) is 23.2. The Morgan fingerprint density at radius 1 is 0.719 bits per heavy atom. The predicted octanol–water partition coefficient (Wildman–Crippen LogP) is 1.50. The van der Waals surface area contributed by atoms with Crippen LogP contribution in [0.25, 0.3) is 0 Å². The summed E-state index contributed by atoms with van der Waals surface area (Å²) < 4.78 is 9.84. The van der Waals surface area contributed by atoms with Gasteiger partial charge >= 0.3 is 11.9 Å². The lowest BCUT2D eigenvalue weighted by Gasteiger charge is -2.08. The van der Waals surface area contributed by atoms with Gasteiger partial charge in [0, 0.05) is 13.6 Å². The smallest absolute Gasteiger partial charge is 0.341 e. The zero-order valence-electron chi connectivity index (χ0n) is 17.0. The van der Waals surface area contributed by atoms with E-state index in [1.807, 2.05) is 0 Å². The molecule has 10 nitrogen and oxygen atoms in total. The Balaban J connectivity index is 1.39. The van der Waals surface area contributed by atoms with E-state index in [-0.39, 0.29) is 39.9 Å². The number of hydrogen-bond acceptors (Lipinski definition) is 8. The second-order valence-corrected chi connectivity index (χ2v) is 7.03. The molecule has 0 atom stereocenters. The summed E-state index contributed by atoms with van der Waals surface area (Å²) in [6.07, 6.45) is 0. The number of imide groups is 2. The Kier molecular flexibility index (Phi) is 5.05. The van der Waals surface area contributed by atoms with E-state index in [4.69, 9.17) is 9.47 Å². The molecule has 0 aliphatic carbocycles. The number of benzene rings is 2. The van der Waals surface area contributed by atoms with E-state index in [2.05, 4.69) is 0 Å². The van der Waals surface area contributed by atoms with Gasteiger partial charge in [0.1, 0.15) is 0 Å². The van der Waals surface area contributed by atoms with Crippen LogP contribution in [0, 0.1) is 0 Å². The van der Waals surface area contributed by atoms with Crippen molar-refractivity contribution >= 4 is 35.6 Å². The number of fused-ring (bicyclic) bond motifs is 2. The summed E-state index contributed by atoms with van der Waals surface area (Å²) in [6.45, 7) is 1.16. The summed E-state index contributed by atoms with van der Waals surface area (Å²) in [5, 5.41) is 0. The molecule has 4 amide bonds. The quantitative estimate of drug-likeness (QED) is 0.392. The van der Waals surface area contributed by atoms with Gasteiger partial charge in [-0.3, -0.25) is 29.0 Å². The third-order valence-corrected chi connectivity index (χ3v) is 5.23. The first kappa shape index (κ1) is 20.9. The highest BCUT2D eigenvalue weighted by Gasteiger charge is 2.35. The maximum Gasteiger partial charge on any atom is 0.341 e. The number of hydrogen-bond donors (Lipinski definition) is 0. The van der Waals surface area contributed by atoms with Crippen LogP contribution >= 0.6 is 0 Å². The summed E-state index contributed by atoms with van der Waals surface area (Å²) in [7, 11) is 1.34. The lowest BCUT2D eigenvalue weighted by molar-refractivity contribution is -0.0167. The van der Waals surface area contributed by atoms with Gasteiger partial charge < -0.3 is 9.47 Å². The molecule has 2 aliphatic rings. The molecule has 0 unspecified atom stereocenters. The van der Waals surface area contributed by atoms with E-state index in [1.165, 1.54) is 43.4 Å². The van der Waals surface area contributed by atoms with Crippen LogP contribution in [0.1, 0.15) is 69.1 Å². The van der Waals surface area contributed by atoms with E-state index < -0.39 is 42.4 Å². The topological polar surface area (TPSA) is 127 Å². The average Bonchev–Trinajstić information content (AvgIpc) is 3.17. The molecule has 162 valence electrons. The van der Waals surface area contributed by atoms with Gasteiger partial charge in [0.05, 0.1) is 33.4 Å². The molecule has 0 saturated heterocycles. The number of nitrogens with zero attached hydrogens (tertiary/aromatic N) is 2. The molecule has 2 heterocycles. The number of rotatable bonds is 5. The number of carbonyl (C=O) groups is 6. The van der Waals surface area contributed by atoms with Crippen molar-refractivity contribution in [3.8, 4) is 0 Å². The second-order valence-electron chi connectivity index (χ2n) is 7.03. The van der Waals surface area contributed by atoms with Crippen LogP contribution in [0.4, 0.5) is 0 Å². The van der Waals surface area contributed by atoms with Gasteiger partial charge in [-0.05, 0) is 43.3 Å². The van der Waals surface area contributed by atoms with Crippen molar-refractivity contribution in [3.63, 3.8) is 0 Å². The summed E-state index contributed by atoms with van der Waals surface area (Å²) >= 11 is 0. The van der Waals surface area contributed by atoms with Crippen molar-refractivity contribution in [3.05, 3.63) is 69.8 Å². The van der Waals surface area contributed by atoms with E-state index >= 15 is 0 Å². The molecule has 0 saturated carbocycles. The summed E-state index contributed by atoms with van der Waals surface area (Å²) in [4.78, 5) is 74.8. The minimum atomic E-state index is -0.858. The molecule has 0 radical (unpaired) electrons. The van der Waals surface area contributed by atoms with Gasteiger partial charge in [-0.2, -0.15) is 0 Å². The Bertz CT molecular complexity index is 1230. The summed E-state index contributed by atoms with van der Waals surface area (Å²) in [5.41, 5.74) is 0.607. The van der Waals surface area contributed by atoms with Crippen LogP contribution in [-0.2, 0) is 9.47 Å². The average molecular weight is 436 g/mol. The van der Waals surface area contributed by atoms with E-state index in [0.29, 0.717) is 0 Å². The van der Waals surface area contributed by atoms with Crippen molar-refractivity contribution in [1.29, 1.82) is 0 Å². The molecule has 2 aliphatic heterocycles. The van der Waals surface area contributed by atoms with Gasteiger partial charge in [-0.1, -0.05) is 0 Å². The van der Waals surface area contributed by atoms with E-state index in [1.54, 1.807) is 6.92 Å². The molecule has 2 aromatic rings. The normalized spacial score (nSPS) is 14.6. The third kappa shape index (κ3) is 3.22. The fourth-order valence-electron chi connectivity index (χ4n) is 3.50. The molecule has 32 heavy (non-hydrogen) atoms. The minimum absolute atomic E-state index is 0.0116. The van der Waals surface area contributed by atoms with Gasteiger partial charge in [0.25, 0.3) is 23.6 Å². The van der Waals surface area contributed by atoms with Crippen LogP contribution in [-0.4, -0.2) is 65.8 Å². The number of esters is 2. The Morgan fingerprint density at radius 2 is 1.16 bits per heavy atom. The molecule has 0 N–H and O–H groups in total. The fourth-order valence-corrected chi connectivity index (χ4v) is 3.50. The van der Waals surface area contributed by atoms with Crippen LogP contribution in [0.2, 0.25) is 0 Å². The molecule has 2 aromatic carbocycles. The van der Waals surface area contributed by atoms with Crippen LogP contribution < -0.4 is 0 Å². The number of carbonyl (C=O) groups excluding carboxylic acids is 6. The van der Waals surface area contributed by atoms with Gasteiger partial charge in [0.15, 0.2) is 0 Å². The maximum atomic E-state index is 12.3. The van der Waals surface area contributed by atoms with Crippen LogP contribution in [0.15, 0.2) is 36.4 Å². The Hall–Kier alpha value is -4.34. The van der Waals surface area contributed by atoms with E-state index in [0.717, 1.165) is 9.80 Å². The molecule has 0 bridgehead atoms. The van der Waals surface area contributed by atoms with Gasteiger partial charge in [-0.25, -0.2) is 9.59 Å². The van der Waals surface area contributed by atoms with Gasteiger partial charge in [0.2, 0.25) is 6.79 Å². The molecular weight excluding hydrogens is 420 g/mol. The van der Waals surface area contributed by atoms with Crippen molar-refractivity contribution in [2.24, 2.45) is 0 Å². The maximum absolute atomic E-state index is 12.3. The number of ether oxygens (including phenoxy) is 2. The van der Waals surface area contributed by atoms with E-state index in [9.17, 15) is 28.8 Å². The fraction of sp³-hybridized carbons (Fsp3) is 0.182. The largest absolute Gasteiger partial charge is 0.424 e. The Labute approximate surface area is 181 Å². The van der Waals surface area contributed by atoms with Crippen LogP contribution in [0.5, 0.6) is 0 Å². The standard InChI is InChI=1S/C22H16N2O8/c1-3-24-19(27)14-7-5-12(9-16(14)20(24)28)22(30)32-10-31-21(29)11-4-6-13-15(8-11)18(26)23(2)17(13)25/h4-9H,3,10H2,1-2H3. The van der Waals surface area contributed by atoms with Gasteiger partial charge in [-0.15, -0.1) is 0 Å². The predicted molar refractivity (Wildman–Crippen MR) is 106 cm³/mol. The van der Waals surface area contributed by atoms with Crippen molar-refractivity contribution in [2.75, 3.05) is 20.4 Å². The highest BCUT2D eigenvalue weighted by atomic mass is 16.7. The lowest BCUT2D eigenvalue weighted by Crippen LogP contribution is -2.29. The Morgan fingerprint density at radius 3 is 1.69 bits per heavy atom. The second kappa shape index (κ2) is 7.73. The van der Waals surface area contributed by atoms with Crippen molar-refractivity contribution < 1.29 is 38.2 Å². The molecular formula is C22H16N2O8. The first-order chi connectivity index (χ1) is 15.2. The molecule has 0 spiro atoms. The molecule has 0 fully saturated rings.